The maximum atomic E-state index is 12.4. The van der Waals surface area contributed by atoms with Crippen LogP contribution in [0.1, 0.15) is 17.5 Å². The Bertz CT molecular complexity index is 422. The first kappa shape index (κ1) is 15.3. The average Bonchev–Trinajstić information content (AvgIpc) is 2.32. The second kappa shape index (κ2) is 6.98. The Morgan fingerprint density at radius 3 is 2.63 bits per heavy atom. The number of rotatable bonds is 6. The minimum Gasteiger partial charge on any atom is -0.465 e. The average molecular weight is 276 g/mol. The second-order valence-electron chi connectivity index (χ2n) is 3.96. The Hall–Kier alpha value is -1.76. The van der Waals surface area contributed by atoms with E-state index in [0.29, 0.717) is 31.6 Å². The monoisotopic (exact) mass is 276 g/mol. The molecule has 4 nitrogen and oxygen atoms in total. The molecule has 0 aliphatic heterocycles. The molecule has 0 aliphatic carbocycles. The third-order valence-corrected chi connectivity index (χ3v) is 2.39. The van der Waals surface area contributed by atoms with Gasteiger partial charge in [0.25, 0.3) is 0 Å². The molecule has 0 saturated carbocycles. The molecule has 0 bridgehead atoms. The first-order chi connectivity index (χ1) is 8.89. The van der Waals surface area contributed by atoms with E-state index in [1.165, 1.54) is 6.07 Å². The van der Waals surface area contributed by atoms with Crippen molar-refractivity contribution in [3.8, 4) is 0 Å². The van der Waals surface area contributed by atoms with E-state index in [0.717, 1.165) is 12.1 Å². The maximum absolute atomic E-state index is 12.4. The van der Waals surface area contributed by atoms with E-state index in [4.69, 9.17) is 5.11 Å². The topological polar surface area (TPSA) is 61.4 Å². The van der Waals surface area contributed by atoms with Crippen LogP contribution < -0.4 is 10.6 Å². The maximum Gasteiger partial charge on any atom is 0.416 e. The highest BCUT2D eigenvalue weighted by Crippen LogP contribution is 2.29. The van der Waals surface area contributed by atoms with Crippen molar-refractivity contribution in [2.24, 2.45) is 0 Å². The van der Waals surface area contributed by atoms with Gasteiger partial charge in [-0.05, 0) is 24.6 Å². The summed E-state index contributed by atoms with van der Waals surface area (Å²) in [4.78, 5) is 10.1. The van der Waals surface area contributed by atoms with E-state index < -0.39 is 17.8 Å². The van der Waals surface area contributed by atoms with E-state index >= 15 is 0 Å². The molecular formula is C12H15F3N2O2. The van der Waals surface area contributed by atoms with Crippen LogP contribution in [0.3, 0.4) is 0 Å². The van der Waals surface area contributed by atoms with Crippen LogP contribution in [0.15, 0.2) is 24.3 Å². The number of alkyl halides is 3. The van der Waals surface area contributed by atoms with Crippen molar-refractivity contribution < 1.29 is 23.1 Å². The SMILES string of the molecule is O=C(O)NCCCNCc1cccc(C(F)(F)F)c1. The lowest BCUT2D eigenvalue weighted by atomic mass is 10.1. The van der Waals surface area contributed by atoms with Gasteiger partial charge in [0.1, 0.15) is 0 Å². The van der Waals surface area contributed by atoms with Gasteiger partial charge in [0, 0.05) is 13.1 Å². The summed E-state index contributed by atoms with van der Waals surface area (Å²) in [7, 11) is 0. The van der Waals surface area contributed by atoms with E-state index in [1.54, 1.807) is 6.07 Å². The van der Waals surface area contributed by atoms with E-state index in [2.05, 4.69) is 10.6 Å². The zero-order valence-corrected chi connectivity index (χ0v) is 10.1. The molecule has 0 atom stereocenters. The van der Waals surface area contributed by atoms with Gasteiger partial charge in [0.2, 0.25) is 0 Å². The molecule has 3 N–H and O–H groups in total. The van der Waals surface area contributed by atoms with Crippen LogP contribution in [0.2, 0.25) is 0 Å². The molecule has 0 radical (unpaired) electrons. The van der Waals surface area contributed by atoms with Gasteiger partial charge in [-0.1, -0.05) is 18.2 Å². The smallest absolute Gasteiger partial charge is 0.416 e. The first-order valence-corrected chi connectivity index (χ1v) is 5.73. The number of benzene rings is 1. The zero-order chi connectivity index (χ0) is 14.3. The summed E-state index contributed by atoms with van der Waals surface area (Å²) in [5, 5.41) is 13.5. The Balaban J connectivity index is 2.32. The van der Waals surface area contributed by atoms with Gasteiger partial charge in [0.15, 0.2) is 0 Å². The number of carbonyl (C=O) groups is 1. The van der Waals surface area contributed by atoms with Gasteiger partial charge in [-0.25, -0.2) is 4.79 Å². The van der Waals surface area contributed by atoms with Crippen LogP contribution in [0.5, 0.6) is 0 Å². The van der Waals surface area contributed by atoms with Crippen LogP contribution in [0.25, 0.3) is 0 Å². The molecule has 1 amide bonds. The van der Waals surface area contributed by atoms with Crippen molar-refractivity contribution in [3.05, 3.63) is 35.4 Å². The van der Waals surface area contributed by atoms with Gasteiger partial charge in [0.05, 0.1) is 5.56 Å². The number of hydrogen-bond donors (Lipinski definition) is 3. The summed E-state index contributed by atoms with van der Waals surface area (Å²) >= 11 is 0. The molecule has 0 unspecified atom stereocenters. The Morgan fingerprint density at radius 2 is 2.00 bits per heavy atom. The summed E-state index contributed by atoms with van der Waals surface area (Å²) in [5.74, 6) is 0. The summed E-state index contributed by atoms with van der Waals surface area (Å²) < 4.78 is 37.3. The van der Waals surface area contributed by atoms with Crippen LogP contribution in [-0.2, 0) is 12.7 Å². The molecule has 1 aromatic rings. The highest BCUT2D eigenvalue weighted by atomic mass is 19.4. The van der Waals surface area contributed by atoms with Crippen LogP contribution in [0, 0.1) is 0 Å². The quantitative estimate of drug-likeness (QED) is 0.699. The molecule has 0 spiro atoms. The molecule has 19 heavy (non-hydrogen) atoms. The fourth-order valence-electron chi connectivity index (χ4n) is 1.50. The summed E-state index contributed by atoms with van der Waals surface area (Å²) in [5.41, 5.74) is -0.125. The van der Waals surface area contributed by atoms with Gasteiger partial charge in [-0.15, -0.1) is 0 Å². The third-order valence-electron chi connectivity index (χ3n) is 2.39. The molecule has 1 rings (SSSR count). The Morgan fingerprint density at radius 1 is 1.26 bits per heavy atom. The molecule has 0 aliphatic rings. The third kappa shape index (κ3) is 6.10. The van der Waals surface area contributed by atoms with Crippen molar-refractivity contribution in [1.82, 2.24) is 10.6 Å². The standard InChI is InChI=1S/C12H15F3N2O2/c13-12(14,15)10-4-1-3-9(7-10)8-16-5-2-6-17-11(18)19/h1,3-4,7,16-17H,2,5-6,8H2,(H,18,19). The molecule has 106 valence electrons. The van der Waals surface area contributed by atoms with Crippen molar-refractivity contribution >= 4 is 6.09 Å². The Kier molecular flexibility index (Phi) is 5.62. The van der Waals surface area contributed by atoms with Crippen molar-refractivity contribution in [2.75, 3.05) is 13.1 Å². The largest absolute Gasteiger partial charge is 0.465 e. The number of halogens is 3. The summed E-state index contributed by atoms with van der Waals surface area (Å²) in [6.07, 6.45) is -4.84. The fourth-order valence-corrected chi connectivity index (χ4v) is 1.50. The number of carboxylic acid groups (broad SMARTS) is 1. The highest BCUT2D eigenvalue weighted by molar-refractivity contribution is 5.64. The minimum absolute atomic E-state index is 0.310. The van der Waals surface area contributed by atoms with Crippen LogP contribution >= 0.6 is 0 Å². The Labute approximate surface area is 108 Å². The number of hydrogen-bond acceptors (Lipinski definition) is 2. The van der Waals surface area contributed by atoms with Gasteiger partial charge in [-0.2, -0.15) is 13.2 Å². The van der Waals surface area contributed by atoms with Gasteiger partial charge < -0.3 is 15.7 Å². The molecule has 0 heterocycles. The van der Waals surface area contributed by atoms with E-state index in [1.807, 2.05) is 0 Å². The lowest BCUT2D eigenvalue weighted by Gasteiger charge is -2.09. The van der Waals surface area contributed by atoms with Crippen molar-refractivity contribution in [1.29, 1.82) is 0 Å². The lowest BCUT2D eigenvalue weighted by Crippen LogP contribution is -2.25. The lowest BCUT2D eigenvalue weighted by molar-refractivity contribution is -0.137. The van der Waals surface area contributed by atoms with Crippen molar-refractivity contribution in [2.45, 2.75) is 19.1 Å². The van der Waals surface area contributed by atoms with Gasteiger partial charge in [-0.3, -0.25) is 0 Å². The molecule has 1 aromatic carbocycles. The molecule has 0 saturated heterocycles. The highest BCUT2D eigenvalue weighted by Gasteiger charge is 2.30. The van der Waals surface area contributed by atoms with Crippen LogP contribution in [-0.4, -0.2) is 24.3 Å². The normalized spacial score (nSPS) is 11.3. The predicted octanol–water partition coefficient (Wildman–Crippen LogP) is 2.45. The summed E-state index contributed by atoms with van der Waals surface area (Å²) in [6.45, 7) is 1.15. The second-order valence-corrected chi connectivity index (χ2v) is 3.96. The minimum atomic E-state index is -4.33. The molecular weight excluding hydrogens is 261 g/mol. The van der Waals surface area contributed by atoms with E-state index in [-0.39, 0.29) is 0 Å². The number of amides is 1. The number of nitrogens with one attached hydrogen (secondary N) is 2. The van der Waals surface area contributed by atoms with Crippen molar-refractivity contribution in [3.63, 3.8) is 0 Å². The van der Waals surface area contributed by atoms with E-state index in [9.17, 15) is 18.0 Å². The fraction of sp³-hybridized carbons (Fsp3) is 0.417. The van der Waals surface area contributed by atoms with Gasteiger partial charge >= 0.3 is 12.3 Å². The molecule has 0 aromatic heterocycles. The predicted molar refractivity (Wildman–Crippen MR) is 63.8 cm³/mol. The van der Waals surface area contributed by atoms with Crippen LogP contribution in [0.4, 0.5) is 18.0 Å². The molecule has 7 heteroatoms. The first-order valence-electron chi connectivity index (χ1n) is 5.73. The molecule has 0 fully saturated rings. The zero-order valence-electron chi connectivity index (χ0n) is 10.1. The summed E-state index contributed by atoms with van der Waals surface area (Å²) in [6, 6.07) is 5.10.